The molecule has 2 unspecified atom stereocenters. The van der Waals surface area contributed by atoms with Gasteiger partial charge in [-0.1, -0.05) is 81.5 Å². The van der Waals surface area contributed by atoms with Crippen molar-refractivity contribution in [3.8, 4) is 12.3 Å². The van der Waals surface area contributed by atoms with Crippen LogP contribution in [0.25, 0.3) is 0 Å². The first-order chi connectivity index (χ1) is 15.9. The summed E-state index contributed by atoms with van der Waals surface area (Å²) in [6, 6.07) is 8.68. The van der Waals surface area contributed by atoms with Crippen LogP contribution in [0.2, 0.25) is 0 Å². The van der Waals surface area contributed by atoms with Crippen molar-refractivity contribution in [1.82, 2.24) is 5.32 Å². The maximum Gasteiger partial charge on any atom is 0.0361 e. The lowest BCUT2D eigenvalue weighted by atomic mass is 9.74. The molecule has 0 spiro atoms. The summed E-state index contributed by atoms with van der Waals surface area (Å²) < 4.78 is 0. The van der Waals surface area contributed by atoms with Gasteiger partial charge in [-0.05, 0) is 92.5 Å². The van der Waals surface area contributed by atoms with Crippen LogP contribution in [0.1, 0.15) is 95.6 Å². The first-order valence-electron chi connectivity index (χ1n) is 12.9. The molecule has 1 saturated carbocycles. The summed E-state index contributed by atoms with van der Waals surface area (Å²) in [6.07, 6.45) is 21.5. The number of allylic oxidation sites excluding steroid dienone is 4. The highest BCUT2D eigenvalue weighted by molar-refractivity contribution is 5.42. The van der Waals surface area contributed by atoms with E-state index in [0.717, 1.165) is 34.7 Å². The van der Waals surface area contributed by atoms with Crippen molar-refractivity contribution in [3.63, 3.8) is 0 Å². The molecule has 178 valence electrons. The Bertz CT molecular complexity index is 870. The third-order valence-corrected chi connectivity index (χ3v) is 7.31. The van der Waals surface area contributed by atoms with Gasteiger partial charge in [0.05, 0.1) is 0 Å². The second-order valence-electron chi connectivity index (χ2n) is 9.86. The highest BCUT2D eigenvalue weighted by Gasteiger charge is 2.24. The predicted molar refractivity (Wildman–Crippen MR) is 146 cm³/mol. The van der Waals surface area contributed by atoms with E-state index in [1.54, 1.807) is 0 Å². The van der Waals surface area contributed by atoms with Crippen molar-refractivity contribution in [2.45, 2.75) is 84.5 Å². The van der Waals surface area contributed by atoms with Crippen molar-refractivity contribution in [3.05, 3.63) is 83.1 Å². The largest absolute Gasteiger partial charge is 0.388 e. The predicted octanol–water partition coefficient (Wildman–Crippen LogP) is 8.71. The van der Waals surface area contributed by atoms with Gasteiger partial charge in [0.15, 0.2) is 0 Å². The van der Waals surface area contributed by atoms with E-state index in [2.05, 4.69) is 81.6 Å². The number of nitrogens with one attached hydrogen (secondary N) is 1. The molecule has 1 aromatic rings. The Kier molecular flexibility index (Phi) is 11.3. The number of likely N-dealkylation sites (N-methyl/N-ethyl adjacent to an activating group) is 1. The van der Waals surface area contributed by atoms with Gasteiger partial charge in [-0.2, -0.15) is 0 Å². The van der Waals surface area contributed by atoms with Gasteiger partial charge in [-0.3, -0.25) is 0 Å². The Morgan fingerprint density at radius 1 is 1.18 bits per heavy atom. The molecule has 2 atom stereocenters. The molecule has 1 fully saturated rings. The minimum Gasteiger partial charge on any atom is -0.388 e. The van der Waals surface area contributed by atoms with Crippen molar-refractivity contribution in [1.29, 1.82) is 0 Å². The van der Waals surface area contributed by atoms with Crippen LogP contribution in [0.15, 0.2) is 72.0 Å². The zero-order valence-corrected chi connectivity index (χ0v) is 21.6. The maximum atomic E-state index is 5.56. The molecule has 0 radical (unpaired) electrons. The van der Waals surface area contributed by atoms with E-state index in [0.29, 0.717) is 11.8 Å². The van der Waals surface area contributed by atoms with Crippen LogP contribution < -0.4 is 5.32 Å². The first-order valence-corrected chi connectivity index (χ1v) is 12.9. The summed E-state index contributed by atoms with van der Waals surface area (Å²) in [7, 11) is 1.96. The van der Waals surface area contributed by atoms with Crippen molar-refractivity contribution >= 4 is 0 Å². The van der Waals surface area contributed by atoms with Crippen LogP contribution in [0.4, 0.5) is 0 Å². The van der Waals surface area contributed by atoms with Crippen LogP contribution in [0, 0.1) is 24.2 Å². The molecule has 1 aromatic carbocycles. The molecule has 0 heterocycles. The van der Waals surface area contributed by atoms with E-state index < -0.39 is 0 Å². The molecule has 2 rings (SSSR count). The summed E-state index contributed by atoms with van der Waals surface area (Å²) in [4.78, 5) is 0. The average Bonchev–Trinajstić information content (AvgIpc) is 2.78. The fraction of sp³-hybridized carbons (Fsp3) is 0.500. The summed E-state index contributed by atoms with van der Waals surface area (Å²) in [5, 5.41) is 3.26. The Hall–Kier alpha value is -2.46. The first kappa shape index (κ1) is 26.8. The third-order valence-electron chi connectivity index (χ3n) is 7.31. The Balaban J connectivity index is 2.16. The minimum absolute atomic E-state index is 0.608. The van der Waals surface area contributed by atoms with Gasteiger partial charge in [-0.25, -0.2) is 0 Å². The second-order valence-corrected chi connectivity index (χ2v) is 9.86. The number of rotatable bonds is 14. The van der Waals surface area contributed by atoms with Crippen LogP contribution in [0.3, 0.4) is 0 Å². The molecule has 0 bridgehead atoms. The van der Waals surface area contributed by atoms with E-state index >= 15 is 0 Å². The topological polar surface area (TPSA) is 12.0 Å². The van der Waals surface area contributed by atoms with Gasteiger partial charge in [0.2, 0.25) is 0 Å². The fourth-order valence-electron chi connectivity index (χ4n) is 5.06. The third kappa shape index (κ3) is 8.43. The van der Waals surface area contributed by atoms with Crippen LogP contribution in [-0.2, 0) is 0 Å². The lowest BCUT2D eigenvalue weighted by molar-refractivity contribution is 0.236. The van der Waals surface area contributed by atoms with Crippen LogP contribution >= 0.6 is 0 Å². The molecule has 1 aliphatic rings. The van der Waals surface area contributed by atoms with Gasteiger partial charge in [0.25, 0.3) is 0 Å². The monoisotopic (exact) mass is 443 g/mol. The van der Waals surface area contributed by atoms with Crippen LogP contribution in [-0.4, -0.2) is 7.05 Å². The van der Waals surface area contributed by atoms with Crippen molar-refractivity contribution < 1.29 is 0 Å². The van der Waals surface area contributed by atoms with E-state index in [1.807, 2.05) is 7.05 Å². The normalized spacial score (nSPS) is 16.5. The lowest BCUT2D eigenvalue weighted by Crippen LogP contribution is -2.17. The smallest absolute Gasteiger partial charge is 0.0361 e. The Labute approximate surface area is 204 Å². The van der Waals surface area contributed by atoms with Crippen molar-refractivity contribution in [2.24, 2.45) is 11.8 Å². The molecule has 0 amide bonds. The molecule has 1 heteroatoms. The molecular formula is C32H45N. The molecule has 1 N–H and O–H groups in total. The minimum atomic E-state index is 0.608. The molecular weight excluding hydrogens is 398 g/mol. The molecule has 33 heavy (non-hydrogen) atoms. The highest BCUT2D eigenvalue weighted by atomic mass is 14.8. The quantitative estimate of drug-likeness (QED) is 0.224. The molecule has 0 saturated heterocycles. The number of hydrogen-bond acceptors (Lipinski definition) is 1. The van der Waals surface area contributed by atoms with E-state index in [4.69, 9.17) is 6.42 Å². The van der Waals surface area contributed by atoms with Gasteiger partial charge < -0.3 is 5.32 Å². The van der Waals surface area contributed by atoms with E-state index in [1.165, 1.54) is 62.5 Å². The number of benzene rings is 1. The SMILES string of the molecule is C#Cc1ccc(C(CCC)CCC(C/C(=C\C(=C)/C(=C/C)NC)C(=C)C)CC2CCC2)cc1. The van der Waals surface area contributed by atoms with Gasteiger partial charge in [-0.15, -0.1) is 6.42 Å². The molecule has 0 aliphatic heterocycles. The summed E-state index contributed by atoms with van der Waals surface area (Å²) in [6.45, 7) is 15.1. The number of terminal acetylenes is 1. The highest BCUT2D eigenvalue weighted by Crippen LogP contribution is 2.39. The van der Waals surface area contributed by atoms with Gasteiger partial charge in [0, 0.05) is 18.3 Å². The molecule has 0 aromatic heterocycles. The van der Waals surface area contributed by atoms with E-state index in [9.17, 15) is 0 Å². The Morgan fingerprint density at radius 2 is 1.88 bits per heavy atom. The van der Waals surface area contributed by atoms with E-state index in [-0.39, 0.29) is 0 Å². The number of hydrogen-bond donors (Lipinski definition) is 1. The summed E-state index contributed by atoms with van der Waals surface area (Å²) >= 11 is 0. The summed E-state index contributed by atoms with van der Waals surface area (Å²) in [5.41, 5.74) is 7.05. The molecule has 1 aliphatic carbocycles. The maximum absolute atomic E-state index is 5.56. The Morgan fingerprint density at radius 3 is 2.36 bits per heavy atom. The zero-order chi connectivity index (χ0) is 24.2. The summed E-state index contributed by atoms with van der Waals surface area (Å²) in [5.74, 6) is 4.96. The second kappa shape index (κ2) is 13.9. The fourth-order valence-corrected chi connectivity index (χ4v) is 5.06. The van der Waals surface area contributed by atoms with Gasteiger partial charge in [0.1, 0.15) is 0 Å². The lowest BCUT2D eigenvalue weighted by Gasteiger charge is -2.31. The van der Waals surface area contributed by atoms with Crippen LogP contribution in [0.5, 0.6) is 0 Å². The van der Waals surface area contributed by atoms with Gasteiger partial charge >= 0.3 is 0 Å². The van der Waals surface area contributed by atoms with Crippen molar-refractivity contribution in [2.75, 3.05) is 7.05 Å². The standard InChI is InChI=1S/C32H45N/c1-8-12-29(30-18-15-26(9-2)16-19-30)20-17-28(22-27-13-11-14-27)23-31(24(4)5)21-25(6)32(10-3)33-7/h2,10,15-16,18-19,21,27-29,33H,4,6,8,11-14,17,20,22-23H2,1,3,5,7H3/b31-21+,32-10-. The average molecular weight is 444 g/mol. The zero-order valence-electron chi connectivity index (χ0n) is 21.6. The molecule has 1 nitrogen and oxygen atoms in total.